The SMILES string of the molecule is COC(=O)C(O)Cc1cc(Br)ccc1I. The van der Waals surface area contributed by atoms with Crippen molar-refractivity contribution in [3.8, 4) is 0 Å². The maximum absolute atomic E-state index is 11.0. The zero-order valence-electron chi connectivity index (χ0n) is 8.04. The van der Waals surface area contributed by atoms with Crippen LogP contribution in [-0.2, 0) is 16.0 Å². The molecule has 1 rings (SSSR count). The molecule has 0 aliphatic rings. The van der Waals surface area contributed by atoms with Crippen molar-refractivity contribution < 1.29 is 14.6 Å². The van der Waals surface area contributed by atoms with E-state index in [0.29, 0.717) is 0 Å². The van der Waals surface area contributed by atoms with E-state index in [1.54, 1.807) is 0 Å². The summed E-state index contributed by atoms with van der Waals surface area (Å²) in [5.74, 6) is -0.606. The van der Waals surface area contributed by atoms with Crippen LogP contribution in [0.2, 0.25) is 0 Å². The lowest BCUT2D eigenvalue weighted by molar-refractivity contribution is -0.150. The molecule has 0 saturated carbocycles. The Morgan fingerprint density at radius 3 is 2.93 bits per heavy atom. The van der Waals surface area contributed by atoms with Crippen molar-refractivity contribution in [1.29, 1.82) is 0 Å². The number of halogens is 2. The van der Waals surface area contributed by atoms with Gasteiger partial charge in [0.2, 0.25) is 0 Å². The van der Waals surface area contributed by atoms with Crippen molar-refractivity contribution >= 4 is 44.5 Å². The Kier molecular flexibility index (Phi) is 5.01. The van der Waals surface area contributed by atoms with Gasteiger partial charge in [-0.2, -0.15) is 0 Å². The van der Waals surface area contributed by atoms with Crippen LogP contribution in [-0.4, -0.2) is 24.3 Å². The van der Waals surface area contributed by atoms with Gasteiger partial charge >= 0.3 is 5.97 Å². The number of methoxy groups -OCH3 is 1. The first-order chi connectivity index (χ1) is 7.04. The number of rotatable bonds is 3. The first kappa shape index (κ1) is 12.9. The average molecular weight is 385 g/mol. The smallest absolute Gasteiger partial charge is 0.335 e. The molecule has 0 radical (unpaired) electrons. The van der Waals surface area contributed by atoms with Crippen LogP contribution < -0.4 is 0 Å². The van der Waals surface area contributed by atoms with Crippen molar-refractivity contribution in [2.45, 2.75) is 12.5 Å². The van der Waals surface area contributed by atoms with Crippen LogP contribution in [0.1, 0.15) is 5.56 Å². The van der Waals surface area contributed by atoms with E-state index in [1.807, 2.05) is 18.2 Å². The number of ether oxygens (including phenoxy) is 1. The molecule has 0 spiro atoms. The van der Waals surface area contributed by atoms with E-state index in [4.69, 9.17) is 0 Å². The summed E-state index contributed by atoms with van der Waals surface area (Å²) in [6.07, 6.45) is -0.831. The molecule has 3 nitrogen and oxygen atoms in total. The Hall–Kier alpha value is -0.140. The fourth-order valence-corrected chi connectivity index (χ4v) is 2.09. The molecule has 0 fully saturated rings. The number of carbonyl (C=O) groups is 1. The second-order valence-electron chi connectivity index (χ2n) is 2.98. The highest BCUT2D eigenvalue weighted by molar-refractivity contribution is 14.1. The zero-order valence-corrected chi connectivity index (χ0v) is 11.8. The van der Waals surface area contributed by atoms with Crippen molar-refractivity contribution in [2.24, 2.45) is 0 Å². The lowest BCUT2D eigenvalue weighted by Gasteiger charge is -2.10. The molecule has 0 heterocycles. The molecule has 15 heavy (non-hydrogen) atoms. The predicted molar refractivity (Wildman–Crippen MR) is 68.6 cm³/mol. The normalized spacial score (nSPS) is 12.3. The number of aliphatic hydroxyl groups is 1. The number of aliphatic hydroxyl groups excluding tert-OH is 1. The molecule has 82 valence electrons. The zero-order chi connectivity index (χ0) is 11.4. The van der Waals surface area contributed by atoms with Crippen LogP contribution in [0.15, 0.2) is 22.7 Å². The minimum atomic E-state index is -1.10. The van der Waals surface area contributed by atoms with Crippen LogP contribution in [0.4, 0.5) is 0 Å². The number of carbonyl (C=O) groups excluding carboxylic acids is 1. The quantitative estimate of drug-likeness (QED) is 0.641. The first-order valence-electron chi connectivity index (χ1n) is 4.24. The maximum atomic E-state index is 11.0. The van der Waals surface area contributed by atoms with E-state index in [1.165, 1.54) is 7.11 Å². The highest BCUT2D eigenvalue weighted by atomic mass is 127. The van der Waals surface area contributed by atoms with E-state index in [2.05, 4.69) is 43.3 Å². The highest BCUT2D eigenvalue weighted by Crippen LogP contribution is 2.19. The fourth-order valence-electron chi connectivity index (χ4n) is 1.13. The third kappa shape index (κ3) is 3.73. The van der Waals surface area contributed by atoms with E-state index in [-0.39, 0.29) is 6.42 Å². The lowest BCUT2D eigenvalue weighted by atomic mass is 10.1. The summed E-state index contributed by atoms with van der Waals surface area (Å²) in [5.41, 5.74) is 0.919. The molecule has 0 bridgehead atoms. The minimum absolute atomic E-state index is 0.268. The summed E-state index contributed by atoms with van der Waals surface area (Å²) in [5, 5.41) is 9.49. The average Bonchev–Trinajstić information content (AvgIpc) is 2.22. The number of esters is 1. The third-order valence-electron chi connectivity index (χ3n) is 1.89. The second kappa shape index (κ2) is 5.81. The van der Waals surface area contributed by atoms with Crippen LogP contribution in [0.25, 0.3) is 0 Å². The Bertz CT molecular complexity index is 368. The van der Waals surface area contributed by atoms with Crippen molar-refractivity contribution in [1.82, 2.24) is 0 Å². The van der Waals surface area contributed by atoms with Gasteiger partial charge < -0.3 is 9.84 Å². The Balaban J connectivity index is 2.80. The minimum Gasteiger partial charge on any atom is -0.467 e. The summed E-state index contributed by atoms with van der Waals surface area (Å²) in [6, 6.07) is 5.72. The maximum Gasteiger partial charge on any atom is 0.335 e. The fraction of sp³-hybridized carbons (Fsp3) is 0.300. The predicted octanol–water partition coefficient (Wildman–Crippen LogP) is 2.13. The molecule has 1 atom stereocenters. The number of hydrogen-bond donors (Lipinski definition) is 1. The molecule has 1 aromatic rings. The van der Waals surface area contributed by atoms with Crippen molar-refractivity contribution in [2.75, 3.05) is 7.11 Å². The van der Waals surface area contributed by atoms with Crippen molar-refractivity contribution in [3.63, 3.8) is 0 Å². The standard InChI is InChI=1S/C10H10BrIO3/c1-15-10(14)9(13)5-6-4-7(11)2-3-8(6)12/h2-4,9,13H,5H2,1H3. The summed E-state index contributed by atoms with van der Waals surface area (Å²) in [4.78, 5) is 11.0. The molecular formula is C10H10BrIO3. The molecule has 1 N–H and O–H groups in total. The molecule has 0 amide bonds. The summed E-state index contributed by atoms with van der Waals surface area (Å²) >= 11 is 5.50. The number of benzene rings is 1. The monoisotopic (exact) mass is 384 g/mol. The summed E-state index contributed by atoms with van der Waals surface area (Å²) in [7, 11) is 1.26. The molecule has 1 unspecified atom stereocenters. The van der Waals surface area contributed by atoms with Gasteiger partial charge in [-0.25, -0.2) is 4.79 Å². The Morgan fingerprint density at radius 2 is 2.33 bits per heavy atom. The van der Waals surface area contributed by atoms with Gasteiger partial charge in [-0.1, -0.05) is 15.9 Å². The summed E-state index contributed by atoms with van der Waals surface area (Å²) in [6.45, 7) is 0. The second-order valence-corrected chi connectivity index (χ2v) is 5.06. The van der Waals surface area contributed by atoms with Gasteiger partial charge in [0.15, 0.2) is 6.10 Å². The lowest BCUT2D eigenvalue weighted by Crippen LogP contribution is -2.24. The third-order valence-corrected chi connectivity index (χ3v) is 3.44. The van der Waals surface area contributed by atoms with Gasteiger partial charge in [0.05, 0.1) is 7.11 Å². The van der Waals surface area contributed by atoms with Crippen LogP contribution in [0, 0.1) is 3.57 Å². The molecule has 5 heteroatoms. The number of hydrogen-bond acceptors (Lipinski definition) is 3. The molecule has 0 aromatic heterocycles. The Morgan fingerprint density at radius 1 is 1.67 bits per heavy atom. The van der Waals surface area contributed by atoms with Gasteiger partial charge in [0.1, 0.15) is 0 Å². The van der Waals surface area contributed by atoms with Gasteiger partial charge in [0, 0.05) is 14.5 Å². The van der Waals surface area contributed by atoms with E-state index in [9.17, 15) is 9.90 Å². The van der Waals surface area contributed by atoms with Gasteiger partial charge in [-0.15, -0.1) is 0 Å². The topological polar surface area (TPSA) is 46.5 Å². The largest absolute Gasteiger partial charge is 0.467 e. The van der Waals surface area contributed by atoms with Gasteiger partial charge in [-0.3, -0.25) is 0 Å². The van der Waals surface area contributed by atoms with Crippen LogP contribution in [0.3, 0.4) is 0 Å². The molecule has 0 aliphatic carbocycles. The highest BCUT2D eigenvalue weighted by Gasteiger charge is 2.17. The molecule has 0 saturated heterocycles. The first-order valence-corrected chi connectivity index (χ1v) is 6.11. The van der Waals surface area contributed by atoms with Crippen LogP contribution in [0.5, 0.6) is 0 Å². The van der Waals surface area contributed by atoms with Gasteiger partial charge in [-0.05, 0) is 46.4 Å². The molecule has 0 aliphatic heterocycles. The van der Waals surface area contributed by atoms with E-state index < -0.39 is 12.1 Å². The van der Waals surface area contributed by atoms with Gasteiger partial charge in [0.25, 0.3) is 0 Å². The van der Waals surface area contributed by atoms with Crippen molar-refractivity contribution in [3.05, 3.63) is 31.8 Å². The van der Waals surface area contributed by atoms with Crippen LogP contribution >= 0.6 is 38.5 Å². The van der Waals surface area contributed by atoms with E-state index in [0.717, 1.165) is 13.6 Å². The summed E-state index contributed by atoms with van der Waals surface area (Å²) < 4.78 is 6.39. The molecular weight excluding hydrogens is 375 g/mol. The van der Waals surface area contributed by atoms with E-state index >= 15 is 0 Å². The molecule has 1 aromatic carbocycles. The Labute approximate surface area is 110 Å².